The summed E-state index contributed by atoms with van der Waals surface area (Å²) in [4.78, 5) is 34.3. The SMILES string of the molecule is COc1cc(-c2cnc(NCCCCCC3CCN(C)c4ccccc43)c3c(C(F)(F)F)c[nH]c23)cc(OC)c1CNc1nc(C2C[C@H](Nc3ncnc4[nH]cc(C(F)(F)F)c34)c3ccccc3N2C)nc2[nH]cc(C(F)(F)F)c12. The predicted molar refractivity (Wildman–Crippen MR) is 287 cm³/mol. The Bertz CT molecular complexity index is 3710. The zero-order valence-corrected chi connectivity index (χ0v) is 43.6. The number of para-hydroxylation sites is 2. The summed E-state index contributed by atoms with van der Waals surface area (Å²) in [6.07, 6.45) is -4.46. The van der Waals surface area contributed by atoms with Crippen LogP contribution >= 0.6 is 0 Å². The number of benzene rings is 3. The maximum Gasteiger partial charge on any atom is 0.418 e. The van der Waals surface area contributed by atoms with Crippen molar-refractivity contribution >= 4 is 61.8 Å². The van der Waals surface area contributed by atoms with Crippen molar-refractivity contribution < 1.29 is 49.0 Å². The van der Waals surface area contributed by atoms with E-state index >= 15 is 0 Å². The van der Waals surface area contributed by atoms with Crippen LogP contribution in [0.5, 0.6) is 11.5 Å². The first kappa shape index (κ1) is 53.6. The smallest absolute Gasteiger partial charge is 0.418 e. The Morgan fingerprint density at radius 2 is 1.30 bits per heavy atom. The Morgan fingerprint density at radius 1 is 0.662 bits per heavy atom. The van der Waals surface area contributed by atoms with Gasteiger partial charge in [0, 0.05) is 75.5 Å². The molecule has 0 fully saturated rings. The summed E-state index contributed by atoms with van der Waals surface area (Å²) in [5.41, 5.74) is 1.99. The number of fused-ring (bicyclic) bond motifs is 5. The highest BCUT2D eigenvalue weighted by Crippen LogP contribution is 2.48. The lowest BCUT2D eigenvalue weighted by Gasteiger charge is -2.39. The second-order valence-corrected chi connectivity index (χ2v) is 20.0. The van der Waals surface area contributed by atoms with E-state index in [1.165, 1.54) is 31.7 Å². The number of methoxy groups -OCH3 is 2. The average Bonchev–Trinajstić information content (AvgIpc) is 4.24. The van der Waals surface area contributed by atoms with Crippen LogP contribution in [0.15, 0.2) is 91.8 Å². The molecular formula is C56H54F9N13O2. The van der Waals surface area contributed by atoms with Crippen molar-refractivity contribution in [3.63, 3.8) is 0 Å². The molecule has 6 N–H and O–H groups in total. The fourth-order valence-corrected chi connectivity index (χ4v) is 11.4. The molecule has 0 amide bonds. The third kappa shape index (κ3) is 10.0. The van der Waals surface area contributed by atoms with Crippen LogP contribution in [0.2, 0.25) is 0 Å². The van der Waals surface area contributed by atoms with Crippen molar-refractivity contribution in [1.82, 2.24) is 39.9 Å². The van der Waals surface area contributed by atoms with Gasteiger partial charge in [-0.25, -0.2) is 24.9 Å². The quantitative estimate of drug-likeness (QED) is 0.0400. The monoisotopic (exact) mass is 1110 g/mol. The Hall–Kier alpha value is -8.44. The van der Waals surface area contributed by atoms with E-state index in [9.17, 15) is 39.5 Å². The largest absolute Gasteiger partial charge is 0.496 e. The van der Waals surface area contributed by atoms with Gasteiger partial charge in [-0.1, -0.05) is 49.2 Å². The number of nitrogens with zero attached hydrogens (tertiary/aromatic N) is 7. The van der Waals surface area contributed by atoms with Crippen molar-refractivity contribution in [3.05, 3.63) is 131 Å². The van der Waals surface area contributed by atoms with Crippen molar-refractivity contribution in [2.24, 2.45) is 0 Å². The number of aromatic nitrogens is 8. The summed E-state index contributed by atoms with van der Waals surface area (Å²) < 4.78 is 143. The molecule has 3 atom stereocenters. The Kier molecular flexibility index (Phi) is 14.0. The molecule has 0 bridgehead atoms. The van der Waals surface area contributed by atoms with Crippen LogP contribution in [0.4, 0.5) is 68.3 Å². The van der Waals surface area contributed by atoms with Crippen molar-refractivity contribution in [2.75, 3.05) is 67.2 Å². The Labute approximate surface area is 451 Å². The summed E-state index contributed by atoms with van der Waals surface area (Å²) in [5, 5.41) is 8.66. The maximum absolute atomic E-state index is 14.8. The topological polar surface area (TPSA) is 173 Å². The first-order chi connectivity index (χ1) is 38.3. The van der Waals surface area contributed by atoms with Gasteiger partial charge in [-0.05, 0) is 72.6 Å². The second kappa shape index (κ2) is 21.0. The highest BCUT2D eigenvalue weighted by molar-refractivity contribution is 6.02. The molecule has 9 aromatic rings. The number of alkyl halides is 9. The van der Waals surface area contributed by atoms with Gasteiger partial charge in [0.05, 0.1) is 70.2 Å². The van der Waals surface area contributed by atoms with Crippen LogP contribution in [-0.2, 0) is 25.1 Å². The van der Waals surface area contributed by atoms with Crippen molar-refractivity contribution in [2.45, 2.75) is 81.6 Å². The molecule has 15 nitrogen and oxygen atoms in total. The number of pyridine rings is 1. The van der Waals surface area contributed by atoms with Crippen LogP contribution in [0.1, 0.15) is 95.7 Å². The third-order valence-corrected chi connectivity index (χ3v) is 15.3. The number of aromatic amines is 3. The van der Waals surface area contributed by atoms with Crippen LogP contribution < -0.4 is 35.2 Å². The number of rotatable bonds is 16. The van der Waals surface area contributed by atoms with E-state index in [1.807, 2.05) is 17.0 Å². The highest BCUT2D eigenvalue weighted by atomic mass is 19.4. The van der Waals surface area contributed by atoms with Crippen LogP contribution in [0.25, 0.3) is 44.1 Å². The molecule has 2 aliphatic heterocycles. The molecular weight excluding hydrogens is 1060 g/mol. The van der Waals surface area contributed by atoms with E-state index in [1.54, 1.807) is 37.4 Å². The van der Waals surface area contributed by atoms with Gasteiger partial charge in [0.25, 0.3) is 0 Å². The van der Waals surface area contributed by atoms with Crippen LogP contribution in [-0.4, -0.2) is 81.3 Å². The number of anilines is 5. The summed E-state index contributed by atoms with van der Waals surface area (Å²) in [5.74, 6) is 0.643. The van der Waals surface area contributed by atoms with E-state index in [0.29, 0.717) is 46.8 Å². The van der Waals surface area contributed by atoms with E-state index in [4.69, 9.17) is 14.5 Å². The number of hydrogen-bond acceptors (Lipinski definition) is 12. The van der Waals surface area contributed by atoms with Crippen LogP contribution in [0, 0.1) is 0 Å². The molecule has 0 saturated heterocycles. The number of hydrogen-bond donors (Lipinski definition) is 6. The number of nitrogens with one attached hydrogen (secondary N) is 6. The minimum absolute atomic E-state index is 0.0365. The average molecular weight is 1110 g/mol. The fourth-order valence-electron chi connectivity index (χ4n) is 11.4. The molecule has 2 unspecified atom stereocenters. The summed E-state index contributed by atoms with van der Waals surface area (Å²) in [7, 11) is 6.60. The Balaban J connectivity index is 0.873. The predicted octanol–water partition coefficient (Wildman–Crippen LogP) is 13.8. The first-order valence-corrected chi connectivity index (χ1v) is 25.9. The minimum atomic E-state index is -4.85. The van der Waals surface area contributed by atoms with Gasteiger partial charge >= 0.3 is 18.5 Å². The highest BCUT2D eigenvalue weighted by Gasteiger charge is 2.40. The van der Waals surface area contributed by atoms with Gasteiger partial charge in [0.2, 0.25) is 0 Å². The van der Waals surface area contributed by atoms with Crippen molar-refractivity contribution in [3.8, 4) is 22.6 Å². The van der Waals surface area contributed by atoms with Crippen LogP contribution in [0.3, 0.4) is 0 Å². The molecule has 80 heavy (non-hydrogen) atoms. The van der Waals surface area contributed by atoms with E-state index in [0.717, 1.165) is 57.1 Å². The van der Waals surface area contributed by atoms with Gasteiger partial charge in [0.15, 0.2) is 5.82 Å². The summed E-state index contributed by atoms with van der Waals surface area (Å²) >= 11 is 0. The molecule has 11 rings (SSSR count). The second-order valence-electron chi connectivity index (χ2n) is 20.0. The molecule has 418 valence electrons. The Morgan fingerprint density at radius 3 is 2.00 bits per heavy atom. The number of H-pyrrole nitrogens is 3. The number of unbranched alkanes of at least 4 members (excludes halogenated alkanes) is 2. The standard InChI is InChI=1S/C56H54F9N13O2/c1-77-19-17-29(31-13-7-9-15-39(31)77)12-6-5-11-18-66-49-44-35(54(57,58)59)25-67-47(44)33(23-68-49)30-20-42(79-3)34(43(21-30)80-4)24-69-51-46-37(56(63,64)65)27-71-52(46)76-48(75-51)41-22-38(32-14-8-10-16-40(32)78(41)2)74-53-45-36(55(60,61)62)26-70-50(45)72-28-73-53/h7-10,13-16,20-21,23,25-29,38,41,67H,5-6,11-12,17-19,22,24H2,1-4H3,(H,66,68)(H2,69,71,75,76)(H2,70,72,73,74)/t29?,38-,41?/m0/s1. The zero-order chi connectivity index (χ0) is 56.3. The van der Waals surface area contributed by atoms with Crippen molar-refractivity contribution in [1.29, 1.82) is 0 Å². The third-order valence-electron chi connectivity index (χ3n) is 15.3. The summed E-state index contributed by atoms with van der Waals surface area (Å²) in [6.45, 7) is 1.13. The molecule has 0 saturated carbocycles. The van der Waals surface area contributed by atoms with E-state index < -0.39 is 47.3 Å². The summed E-state index contributed by atoms with van der Waals surface area (Å²) in [6, 6.07) is 17.3. The fraction of sp³-hybridized carbons (Fsp3) is 0.339. The van der Waals surface area contributed by atoms with E-state index in [-0.39, 0.29) is 80.7 Å². The van der Waals surface area contributed by atoms with Gasteiger partial charge in [0.1, 0.15) is 46.6 Å². The number of halogens is 9. The molecule has 0 spiro atoms. The normalized spacial score (nSPS) is 16.8. The van der Waals surface area contributed by atoms with Gasteiger partial charge in [-0.15, -0.1) is 0 Å². The first-order valence-electron chi connectivity index (χ1n) is 25.9. The van der Waals surface area contributed by atoms with Gasteiger partial charge in [-0.3, -0.25) is 0 Å². The lowest BCUT2D eigenvalue weighted by molar-refractivity contribution is -0.137. The molecule has 6 aromatic heterocycles. The molecule has 2 aliphatic rings. The molecule has 24 heteroatoms. The van der Waals surface area contributed by atoms with Gasteiger partial charge in [-0.2, -0.15) is 39.5 Å². The number of ether oxygens (including phenoxy) is 2. The van der Waals surface area contributed by atoms with Gasteiger partial charge < -0.3 is 50.2 Å². The lowest BCUT2D eigenvalue weighted by atomic mass is 9.86. The van der Waals surface area contributed by atoms with E-state index in [2.05, 4.69) is 81.0 Å². The molecule has 0 radical (unpaired) electrons. The maximum atomic E-state index is 14.8. The lowest BCUT2D eigenvalue weighted by Crippen LogP contribution is -2.35. The molecule has 0 aliphatic carbocycles. The molecule has 3 aromatic carbocycles. The molecule has 8 heterocycles. The zero-order valence-electron chi connectivity index (χ0n) is 43.6. The minimum Gasteiger partial charge on any atom is -0.496 e.